The summed E-state index contributed by atoms with van der Waals surface area (Å²) < 4.78 is 38.3. The third-order valence-corrected chi connectivity index (χ3v) is 2.74. The summed E-state index contributed by atoms with van der Waals surface area (Å²) in [6.07, 6.45) is -3.20. The summed E-state index contributed by atoms with van der Waals surface area (Å²) in [4.78, 5) is 15.5. The minimum Gasteiger partial charge on any atom is -0.298 e. The molecule has 0 radical (unpaired) electrons. The second kappa shape index (κ2) is 6.01. The number of rotatable bonds is 3. The molecule has 0 aliphatic rings. The number of amides is 1. The van der Waals surface area contributed by atoms with Crippen molar-refractivity contribution >= 4 is 23.2 Å². The minimum absolute atomic E-state index is 0.110. The first kappa shape index (κ1) is 15.1. The van der Waals surface area contributed by atoms with Gasteiger partial charge in [0.15, 0.2) is 0 Å². The Hall–Kier alpha value is -2.28. The van der Waals surface area contributed by atoms with Crippen LogP contribution in [-0.4, -0.2) is 10.9 Å². The van der Waals surface area contributed by atoms with E-state index in [-0.39, 0.29) is 16.4 Å². The maximum absolute atomic E-state index is 12.8. The van der Waals surface area contributed by atoms with Crippen molar-refractivity contribution in [2.75, 3.05) is 5.43 Å². The Morgan fingerprint density at radius 2 is 1.90 bits per heavy atom. The van der Waals surface area contributed by atoms with Crippen LogP contribution in [0.4, 0.5) is 18.9 Å². The first-order valence-corrected chi connectivity index (χ1v) is 6.10. The minimum atomic E-state index is -4.52. The third kappa shape index (κ3) is 3.85. The number of carbonyl (C=O) groups excluding carboxylic acids is 1. The van der Waals surface area contributed by atoms with Gasteiger partial charge in [0, 0.05) is 11.8 Å². The van der Waals surface area contributed by atoms with Crippen LogP contribution in [0, 0.1) is 0 Å². The van der Waals surface area contributed by atoms with Gasteiger partial charge in [-0.25, -0.2) is 4.98 Å². The van der Waals surface area contributed by atoms with Gasteiger partial charge in [-0.15, -0.1) is 0 Å². The molecule has 2 aromatic rings. The summed E-state index contributed by atoms with van der Waals surface area (Å²) in [6, 6.07) is 7.50. The molecule has 1 aromatic carbocycles. The fourth-order valence-corrected chi connectivity index (χ4v) is 1.75. The number of nitrogens with zero attached hydrogens (tertiary/aromatic N) is 1. The molecule has 4 nitrogen and oxygen atoms in total. The molecule has 0 fully saturated rings. The van der Waals surface area contributed by atoms with Gasteiger partial charge in [0.25, 0.3) is 5.91 Å². The van der Waals surface area contributed by atoms with Crippen LogP contribution in [0.2, 0.25) is 5.15 Å². The van der Waals surface area contributed by atoms with Crippen LogP contribution in [0.15, 0.2) is 42.6 Å². The van der Waals surface area contributed by atoms with Gasteiger partial charge in [0.05, 0.1) is 11.3 Å². The predicted octanol–water partition coefficient (Wildman–Crippen LogP) is 3.51. The summed E-state index contributed by atoms with van der Waals surface area (Å²) in [5.41, 5.74) is 3.48. The van der Waals surface area contributed by atoms with Crippen molar-refractivity contribution < 1.29 is 18.0 Å². The van der Waals surface area contributed by atoms with E-state index >= 15 is 0 Å². The number of hydrogen-bond acceptors (Lipinski definition) is 3. The lowest BCUT2D eigenvalue weighted by molar-refractivity contribution is -0.137. The van der Waals surface area contributed by atoms with Crippen molar-refractivity contribution in [3.05, 3.63) is 58.9 Å². The Bertz CT molecular complexity index is 661. The van der Waals surface area contributed by atoms with Gasteiger partial charge in [-0.3, -0.25) is 15.6 Å². The van der Waals surface area contributed by atoms with Gasteiger partial charge in [0.1, 0.15) is 5.15 Å². The lowest BCUT2D eigenvalue weighted by Crippen LogP contribution is -2.30. The number of para-hydroxylation sites is 1. The van der Waals surface area contributed by atoms with Crippen molar-refractivity contribution in [1.82, 2.24) is 10.4 Å². The Kier molecular flexibility index (Phi) is 4.32. The zero-order chi connectivity index (χ0) is 15.5. The normalized spacial score (nSPS) is 11.0. The summed E-state index contributed by atoms with van der Waals surface area (Å²) in [6.45, 7) is 0. The lowest BCUT2D eigenvalue weighted by Gasteiger charge is -2.14. The van der Waals surface area contributed by atoms with Crippen molar-refractivity contribution in [2.45, 2.75) is 6.18 Å². The summed E-state index contributed by atoms with van der Waals surface area (Å²) in [5, 5.41) is 0.110. The highest BCUT2D eigenvalue weighted by Gasteiger charge is 2.33. The van der Waals surface area contributed by atoms with Crippen molar-refractivity contribution in [1.29, 1.82) is 0 Å². The average molecular weight is 316 g/mol. The molecule has 8 heteroatoms. The number of benzene rings is 1. The summed E-state index contributed by atoms with van der Waals surface area (Å²) in [5.74, 6) is -0.628. The molecular formula is C13H9ClF3N3O. The van der Waals surface area contributed by atoms with Gasteiger partial charge >= 0.3 is 6.18 Å². The van der Waals surface area contributed by atoms with Crippen LogP contribution in [-0.2, 0) is 6.18 Å². The zero-order valence-corrected chi connectivity index (χ0v) is 11.2. The summed E-state index contributed by atoms with van der Waals surface area (Å²) in [7, 11) is 0. The molecule has 0 atom stereocenters. The fourth-order valence-electron chi connectivity index (χ4n) is 1.58. The Morgan fingerprint density at radius 1 is 1.19 bits per heavy atom. The second-order valence-corrected chi connectivity index (χ2v) is 4.38. The van der Waals surface area contributed by atoms with Crippen LogP contribution < -0.4 is 10.9 Å². The molecule has 2 N–H and O–H groups in total. The van der Waals surface area contributed by atoms with E-state index in [1.165, 1.54) is 36.5 Å². The smallest absolute Gasteiger partial charge is 0.298 e. The Balaban J connectivity index is 2.12. The molecule has 0 spiro atoms. The van der Waals surface area contributed by atoms with E-state index in [1.807, 2.05) is 0 Å². The van der Waals surface area contributed by atoms with E-state index < -0.39 is 17.6 Å². The highest BCUT2D eigenvalue weighted by atomic mass is 35.5. The standard InChI is InChI=1S/C13H9ClF3N3O/c14-11-7-8(5-6-18-11)12(21)20-19-10-4-2-1-3-9(10)13(15,16)17/h1-7,19H,(H,20,21). The number of pyridine rings is 1. The van der Waals surface area contributed by atoms with E-state index in [0.29, 0.717) is 0 Å². The second-order valence-electron chi connectivity index (χ2n) is 3.99. The first-order valence-electron chi connectivity index (χ1n) is 5.72. The van der Waals surface area contributed by atoms with Gasteiger partial charge in [-0.05, 0) is 24.3 Å². The number of aromatic nitrogens is 1. The number of alkyl halides is 3. The monoisotopic (exact) mass is 315 g/mol. The van der Waals surface area contributed by atoms with Crippen LogP contribution in [0.25, 0.3) is 0 Å². The van der Waals surface area contributed by atoms with E-state index in [1.54, 1.807) is 0 Å². The van der Waals surface area contributed by atoms with Crippen molar-refractivity contribution in [3.8, 4) is 0 Å². The first-order chi connectivity index (χ1) is 9.88. The molecule has 110 valence electrons. The number of anilines is 1. The zero-order valence-electron chi connectivity index (χ0n) is 10.4. The molecule has 1 amide bonds. The molecule has 0 saturated heterocycles. The lowest BCUT2D eigenvalue weighted by atomic mass is 10.2. The van der Waals surface area contributed by atoms with E-state index in [4.69, 9.17) is 11.6 Å². The average Bonchev–Trinajstić information content (AvgIpc) is 2.44. The van der Waals surface area contributed by atoms with Gasteiger partial charge in [-0.2, -0.15) is 13.2 Å². The predicted molar refractivity (Wildman–Crippen MR) is 71.8 cm³/mol. The van der Waals surface area contributed by atoms with Crippen LogP contribution in [0.3, 0.4) is 0 Å². The maximum atomic E-state index is 12.8. The van der Waals surface area contributed by atoms with Gasteiger partial charge in [0.2, 0.25) is 0 Å². The fraction of sp³-hybridized carbons (Fsp3) is 0.0769. The molecule has 1 heterocycles. The number of hydrazine groups is 1. The quantitative estimate of drug-likeness (QED) is 0.673. The molecule has 0 aliphatic carbocycles. The van der Waals surface area contributed by atoms with Crippen LogP contribution in [0.5, 0.6) is 0 Å². The highest BCUT2D eigenvalue weighted by molar-refractivity contribution is 6.29. The molecule has 0 unspecified atom stereocenters. The maximum Gasteiger partial charge on any atom is 0.418 e. The number of halogens is 4. The number of hydrogen-bond donors (Lipinski definition) is 2. The van der Waals surface area contributed by atoms with Crippen LogP contribution >= 0.6 is 11.6 Å². The molecule has 2 rings (SSSR count). The molecule has 1 aromatic heterocycles. The molecule has 21 heavy (non-hydrogen) atoms. The van der Waals surface area contributed by atoms with E-state index in [2.05, 4.69) is 15.8 Å². The molecule has 0 aliphatic heterocycles. The van der Waals surface area contributed by atoms with Crippen LogP contribution in [0.1, 0.15) is 15.9 Å². The number of nitrogens with one attached hydrogen (secondary N) is 2. The van der Waals surface area contributed by atoms with E-state index in [9.17, 15) is 18.0 Å². The number of carbonyl (C=O) groups is 1. The molecule has 0 saturated carbocycles. The molecular weight excluding hydrogens is 307 g/mol. The van der Waals surface area contributed by atoms with Gasteiger partial charge in [-0.1, -0.05) is 23.7 Å². The largest absolute Gasteiger partial charge is 0.418 e. The molecule has 0 bridgehead atoms. The topological polar surface area (TPSA) is 54.0 Å². The Morgan fingerprint density at radius 3 is 2.57 bits per heavy atom. The van der Waals surface area contributed by atoms with Crippen molar-refractivity contribution in [2.24, 2.45) is 0 Å². The Labute approximate surface area is 122 Å². The van der Waals surface area contributed by atoms with E-state index in [0.717, 1.165) is 6.07 Å². The van der Waals surface area contributed by atoms with Gasteiger partial charge < -0.3 is 0 Å². The highest BCUT2D eigenvalue weighted by Crippen LogP contribution is 2.34. The summed E-state index contributed by atoms with van der Waals surface area (Å²) >= 11 is 5.63. The SMILES string of the molecule is O=C(NNc1ccccc1C(F)(F)F)c1ccnc(Cl)c1. The van der Waals surface area contributed by atoms with Crippen molar-refractivity contribution in [3.63, 3.8) is 0 Å². The third-order valence-electron chi connectivity index (χ3n) is 2.53.